The summed E-state index contributed by atoms with van der Waals surface area (Å²) in [5, 5.41) is 13.9. The molecule has 0 aliphatic carbocycles. The lowest BCUT2D eigenvalue weighted by Gasteiger charge is -2.18. The maximum Gasteiger partial charge on any atom is 0.340 e. The molecule has 238 valence electrons. The van der Waals surface area contributed by atoms with Crippen LogP contribution in [0.3, 0.4) is 0 Å². The number of benzene rings is 3. The fourth-order valence-corrected chi connectivity index (χ4v) is 5.62. The Morgan fingerprint density at radius 2 is 1.36 bits per heavy atom. The molecule has 6 amide bonds. The van der Waals surface area contributed by atoms with Crippen LogP contribution >= 0.6 is 92.8 Å². The van der Waals surface area contributed by atoms with E-state index in [4.69, 9.17) is 92.8 Å². The van der Waals surface area contributed by atoms with Crippen LogP contribution < -0.4 is 15.5 Å². The molecule has 3 N–H and O–H groups in total. The minimum atomic E-state index is -1.50. The monoisotopic (exact) mass is 774 g/mol. The molecule has 0 bridgehead atoms. The number of imide groups is 2. The molecule has 1 saturated heterocycles. The minimum absolute atomic E-state index is 0.0756. The molecule has 0 spiro atoms. The van der Waals surface area contributed by atoms with E-state index < -0.39 is 46.0 Å². The number of urea groups is 2. The molecule has 10 nitrogen and oxygen atoms in total. The average Bonchev–Trinajstić information content (AvgIpc) is 3.24. The molecule has 3 aromatic carbocycles. The van der Waals surface area contributed by atoms with Crippen molar-refractivity contribution in [2.75, 3.05) is 16.8 Å². The number of carbonyl (C=O) groups is 5. The molecule has 4 rings (SSSR count). The number of aromatic carboxylic acids is 1. The number of nitrogens with one attached hydrogen (secondary N) is 2. The number of carboxylic acids is 1. The van der Waals surface area contributed by atoms with Crippen LogP contribution in [0, 0.1) is 0 Å². The zero-order valence-corrected chi connectivity index (χ0v) is 28.7. The van der Waals surface area contributed by atoms with Crippen molar-refractivity contribution in [1.82, 2.24) is 10.2 Å². The lowest BCUT2D eigenvalue weighted by Crippen LogP contribution is -2.45. The van der Waals surface area contributed by atoms with Gasteiger partial charge in [-0.2, -0.15) is 0 Å². The van der Waals surface area contributed by atoms with E-state index in [0.29, 0.717) is 10.0 Å². The smallest absolute Gasteiger partial charge is 0.340 e. The Hall–Kier alpha value is -2.67. The molecule has 0 aromatic heterocycles. The maximum atomic E-state index is 12.5. The highest BCUT2D eigenvalue weighted by Gasteiger charge is 2.41. The van der Waals surface area contributed by atoms with Gasteiger partial charge in [0.15, 0.2) is 0 Å². The van der Waals surface area contributed by atoms with E-state index in [2.05, 4.69) is 10.6 Å². The van der Waals surface area contributed by atoms with E-state index >= 15 is 0 Å². The van der Waals surface area contributed by atoms with Gasteiger partial charge in [-0.15, -0.1) is 0 Å². The second-order valence-electron chi connectivity index (χ2n) is 9.20. The van der Waals surface area contributed by atoms with Gasteiger partial charge in [-0.1, -0.05) is 98.9 Å². The normalized spacial score (nSPS) is 12.7. The third kappa shape index (κ3) is 8.38. The Morgan fingerprint density at radius 3 is 1.89 bits per heavy atom. The largest absolute Gasteiger partial charge is 0.478 e. The first kappa shape index (κ1) is 36.8. The molecule has 0 atom stereocenters. The van der Waals surface area contributed by atoms with Crippen molar-refractivity contribution in [2.45, 2.75) is 19.9 Å². The number of carboxylic acid groups (broad SMARTS) is 1. The summed E-state index contributed by atoms with van der Waals surface area (Å²) in [4.78, 5) is 61.9. The van der Waals surface area contributed by atoms with Crippen molar-refractivity contribution in [2.24, 2.45) is 0 Å². The Kier molecular flexibility index (Phi) is 12.5. The summed E-state index contributed by atoms with van der Waals surface area (Å²) in [6, 6.07) is 7.42. The number of halogens is 8. The second kappa shape index (κ2) is 15.3. The molecule has 1 aliphatic rings. The molecule has 1 aliphatic heterocycles. The molecule has 18 heteroatoms. The highest BCUT2D eigenvalue weighted by atomic mass is 35.5. The number of hydrogen-bond donors (Lipinski definition) is 3. The molecular weight excluding hydrogens is 760 g/mol. The number of carbonyl (C=O) groups excluding carboxylic acids is 4. The van der Waals surface area contributed by atoms with Crippen LogP contribution in [0.15, 0.2) is 36.4 Å². The summed E-state index contributed by atoms with van der Waals surface area (Å²) < 4.78 is 0. The van der Waals surface area contributed by atoms with Crippen molar-refractivity contribution in [3.8, 4) is 0 Å². The number of amides is 6. The molecule has 45 heavy (non-hydrogen) atoms. The predicted octanol–water partition coefficient (Wildman–Crippen LogP) is 9.44. The van der Waals surface area contributed by atoms with Gasteiger partial charge in [0, 0.05) is 16.1 Å². The number of hydrogen-bond acceptors (Lipinski definition) is 5. The van der Waals surface area contributed by atoms with E-state index in [0.717, 1.165) is 9.80 Å². The topological polar surface area (TPSA) is 136 Å². The van der Waals surface area contributed by atoms with Crippen LogP contribution in [0.5, 0.6) is 0 Å². The van der Waals surface area contributed by atoms with Gasteiger partial charge in [0.1, 0.15) is 6.54 Å². The van der Waals surface area contributed by atoms with E-state index in [1.54, 1.807) is 19.9 Å². The van der Waals surface area contributed by atoms with Gasteiger partial charge in [0.2, 0.25) is 0 Å². The van der Waals surface area contributed by atoms with Gasteiger partial charge in [0.25, 0.3) is 11.8 Å². The van der Waals surface area contributed by atoms with Gasteiger partial charge in [-0.25, -0.2) is 24.2 Å². The van der Waals surface area contributed by atoms with E-state index in [9.17, 15) is 29.1 Å². The summed E-state index contributed by atoms with van der Waals surface area (Å²) in [6.07, 6.45) is 0. The van der Waals surface area contributed by atoms with E-state index in [-0.39, 0.29) is 49.1 Å². The third-order valence-corrected chi connectivity index (χ3v) is 8.69. The van der Waals surface area contributed by atoms with Crippen LogP contribution in [-0.4, -0.2) is 52.4 Å². The van der Waals surface area contributed by atoms with E-state index in [1.807, 2.05) is 0 Å². The number of anilines is 2. The average molecular weight is 778 g/mol. The Morgan fingerprint density at radius 1 is 0.800 bits per heavy atom. The first-order chi connectivity index (χ1) is 21.0. The van der Waals surface area contributed by atoms with Crippen molar-refractivity contribution >= 4 is 134 Å². The zero-order valence-electron chi connectivity index (χ0n) is 22.7. The first-order valence-electron chi connectivity index (χ1n) is 12.2. The zero-order chi connectivity index (χ0) is 33.9. The van der Waals surface area contributed by atoms with E-state index in [1.165, 1.54) is 30.3 Å². The standard InChI is InChI=1S/C14H5Cl6NO3.C13H13Cl2N3O3/c15-4-2-1-3-5(8(4)16)21-13(22)6-7(14(23)24)10(18)12(20)11(19)9(6)17;1-7(2)16-12(20)17-6-11(19)18(13(17)21)10-4-8(14)3-9(15)5-10/h1-3H,(H,21,22)(H,23,24);3-5,7H,6H2,1-2H3,(H,16,20). The molecule has 1 fully saturated rings. The highest BCUT2D eigenvalue weighted by molar-refractivity contribution is 6.54. The summed E-state index contributed by atoms with van der Waals surface area (Å²) in [5.41, 5.74) is -0.627. The first-order valence-corrected chi connectivity index (χ1v) is 15.2. The fourth-order valence-electron chi connectivity index (χ4n) is 3.74. The summed E-state index contributed by atoms with van der Waals surface area (Å²) in [7, 11) is 0. The predicted molar refractivity (Wildman–Crippen MR) is 178 cm³/mol. The van der Waals surface area contributed by atoms with Crippen molar-refractivity contribution in [3.63, 3.8) is 0 Å². The lowest BCUT2D eigenvalue weighted by atomic mass is 10.1. The van der Waals surface area contributed by atoms with Gasteiger partial charge in [-0.05, 0) is 44.2 Å². The Labute approximate surface area is 295 Å². The van der Waals surface area contributed by atoms with Gasteiger partial charge < -0.3 is 15.7 Å². The molecule has 3 aromatic rings. The summed E-state index contributed by atoms with van der Waals surface area (Å²) >= 11 is 47.2. The van der Waals surface area contributed by atoms with Crippen LogP contribution in [0.2, 0.25) is 40.2 Å². The lowest BCUT2D eigenvalue weighted by molar-refractivity contribution is -0.116. The van der Waals surface area contributed by atoms with Gasteiger partial charge in [0.05, 0.1) is 52.6 Å². The van der Waals surface area contributed by atoms with Crippen molar-refractivity contribution in [3.05, 3.63) is 87.7 Å². The van der Waals surface area contributed by atoms with Gasteiger partial charge in [-0.3, -0.25) is 9.59 Å². The highest BCUT2D eigenvalue weighted by Crippen LogP contribution is 2.42. The Balaban J connectivity index is 0.000000248. The summed E-state index contributed by atoms with van der Waals surface area (Å²) in [5.74, 6) is -2.90. The quantitative estimate of drug-likeness (QED) is 0.134. The fraction of sp³-hybridized carbons (Fsp3) is 0.148. The Bertz CT molecular complexity index is 1720. The summed E-state index contributed by atoms with van der Waals surface area (Å²) in [6.45, 7) is 3.20. The van der Waals surface area contributed by atoms with Crippen molar-refractivity contribution in [1.29, 1.82) is 0 Å². The van der Waals surface area contributed by atoms with Gasteiger partial charge >= 0.3 is 18.0 Å². The number of rotatable bonds is 5. The van der Waals surface area contributed by atoms with Crippen LogP contribution in [-0.2, 0) is 4.79 Å². The molecule has 1 heterocycles. The van der Waals surface area contributed by atoms with Crippen LogP contribution in [0.1, 0.15) is 34.6 Å². The molecular formula is C27H18Cl8N4O6. The molecule has 0 saturated carbocycles. The minimum Gasteiger partial charge on any atom is -0.478 e. The maximum absolute atomic E-state index is 12.5. The molecule has 0 unspecified atom stereocenters. The SMILES string of the molecule is CC(C)NC(=O)N1CC(=O)N(c2cc(Cl)cc(Cl)c2)C1=O.O=C(O)c1c(Cl)c(Cl)c(Cl)c(Cl)c1C(=O)Nc1cccc(Cl)c1Cl. The van der Waals surface area contributed by atoms with Crippen LogP contribution in [0.25, 0.3) is 0 Å². The van der Waals surface area contributed by atoms with Crippen molar-refractivity contribution < 1.29 is 29.1 Å². The molecule has 0 radical (unpaired) electrons. The third-order valence-electron chi connectivity index (χ3n) is 5.64. The van der Waals surface area contributed by atoms with Crippen LogP contribution in [0.4, 0.5) is 21.0 Å². The second-order valence-corrected chi connectivity index (χ2v) is 12.4. The number of nitrogens with zero attached hydrogens (tertiary/aromatic N) is 2.